The Balaban J connectivity index is 1.79. The first-order valence-corrected chi connectivity index (χ1v) is 8.92. The van der Waals surface area contributed by atoms with Crippen LogP contribution in [0.1, 0.15) is 26.3 Å². The Morgan fingerprint density at radius 3 is 2.54 bits per heavy atom. The maximum absolute atomic E-state index is 13.8. The maximum Gasteiger partial charge on any atom is 0.256 e. The van der Waals surface area contributed by atoms with E-state index in [2.05, 4.69) is 5.32 Å². The zero-order valence-electron chi connectivity index (χ0n) is 14.1. The number of para-hydroxylation sites is 1. The number of anilines is 1. The maximum atomic E-state index is 13.8. The highest BCUT2D eigenvalue weighted by Crippen LogP contribution is 2.20. The van der Waals surface area contributed by atoms with E-state index in [0.717, 1.165) is 0 Å². The van der Waals surface area contributed by atoms with E-state index in [4.69, 9.17) is 0 Å². The molecule has 1 aromatic heterocycles. The molecule has 132 valence electrons. The van der Waals surface area contributed by atoms with Crippen LogP contribution >= 0.6 is 11.3 Å². The minimum Gasteiger partial charge on any atom is -0.337 e. The van der Waals surface area contributed by atoms with Crippen LogP contribution in [0, 0.1) is 5.82 Å². The Morgan fingerprint density at radius 2 is 1.81 bits per heavy atom. The molecule has 0 saturated heterocycles. The molecule has 26 heavy (non-hydrogen) atoms. The van der Waals surface area contributed by atoms with Crippen LogP contribution in [0.2, 0.25) is 0 Å². The predicted molar refractivity (Wildman–Crippen MR) is 101 cm³/mol. The number of nitrogens with one attached hydrogen (secondary N) is 1. The van der Waals surface area contributed by atoms with E-state index in [9.17, 15) is 14.0 Å². The molecule has 0 aliphatic heterocycles. The van der Waals surface area contributed by atoms with E-state index in [1.165, 1.54) is 22.3 Å². The second-order valence-corrected chi connectivity index (χ2v) is 6.54. The second-order valence-electron chi connectivity index (χ2n) is 5.76. The molecular formula is C20H17FN2O2S. The molecule has 0 unspecified atom stereocenters. The second kappa shape index (κ2) is 7.93. The predicted octanol–water partition coefficient (Wildman–Crippen LogP) is 4.41. The summed E-state index contributed by atoms with van der Waals surface area (Å²) in [5.74, 6) is -0.927. The first-order chi connectivity index (χ1) is 12.6. The summed E-state index contributed by atoms with van der Waals surface area (Å²) in [5.41, 5.74) is 1.75. The average Bonchev–Trinajstić information content (AvgIpc) is 3.18. The monoisotopic (exact) mass is 368 g/mol. The Labute approximate surface area is 154 Å². The number of benzene rings is 2. The molecule has 0 aliphatic rings. The van der Waals surface area contributed by atoms with Crippen molar-refractivity contribution in [2.45, 2.75) is 6.54 Å². The van der Waals surface area contributed by atoms with Crippen LogP contribution in [0.5, 0.6) is 0 Å². The quantitative estimate of drug-likeness (QED) is 0.725. The first kappa shape index (κ1) is 17.8. The third-order valence-electron chi connectivity index (χ3n) is 3.90. The SMILES string of the molecule is CN(Cc1ccccc1F)C(=O)c1ccccc1NC(=O)c1ccsc1. The lowest BCUT2D eigenvalue weighted by molar-refractivity contribution is 0.0785. The molecule has 2 aromatic carbocycles. The van der Waals surface area contributed by atoms with Gasteiger partial charge >= 0.3 is 0 Å². The Bertz CT molecular complexity index is 925. The van der Waals surface area contributed by atoms with Gasteiger partial charge in [-0.25, -0.2) is 4.39 Å². The highest BCUT2D eigenvalue weighted by atomic mass is 32.1. The van der Waals surface area contributed by atoms with E-state index >= 15 is 0 Å². The van der Waals surface area contributed by atoms with Crippen molar-refractivity contribution in [2.24, 2.45) is 0 Å². The number of hydrogen-bond acceptors (Lipinski definition) is 3. The summed E-state index contributed by atoms with van der Waals surface area (Å²) in [6, 6.07) is 14.8. The molecule has 0 bridgehead atoms. The van der Waals surface area contributed by atoms with Gasteiger partial charge in [-0.2, -0.15) is 11.3 Å². The van der Waals surface area contributed by atoms with Crippen molar-refractivity contribution in [1.29, 1.82) is 0 Å². The van der Waals surface area contributed by atoms with Crippen molar-refractivity contribution in [2.75, 3.05) is 12.4 Å². The molecule has 0 radical (unpaired) electrons. The highest BCUT2D eigenvalue weighted by molar-refractivity contribution is 7.08. The zero-order valence-corrected chi connectivity index (χ0v) is 14.9. The number of nitrogens with zero attached hydrogens (tertiary/aromatic N) is 1. The van der Waals surface area contributed by atoms with Crippen molar-refractivity contribution >= 4 is 28.8 Å². The minimum absolute atomic E-state index is 0.137. The van der Waals surface area contributed by atoms with E-state index in [1.54, 1.807) is 61.0 Å². The van der Waals surface area contributed by atoms with Crippen LogP contribution in [-0.2, 0) is 6.54 Å². The van der Waals surface area contributed by atoms with Gasteiger partial charge in [-0.15, -0.1) is 0 Å². The van der Waals surface area contributed by atoms with E-state index in [1.807, 2.05) is 5.38 Å². The molecule has 0 spiro atoms. The number of rotatable bonds is 5. The van der Waals surface area contributed by atoms with Gasteiger partial charge in [0, 0.05) is 24.5 Å². The van der Waals surface area contributed by atoms with E-state index in [-0.39, 0.29) is 24.2 Å². The standard InChI is InChI=1S/C20H17FN2O2S/c1-23(12-14-6-2-4-8-17(14)21)20(25)16-7-3-5-9-18(16)22-19(24)15-10-11-26-13-15/h2-11,13H,12H2,1H3,(H,22,24). The fourth-order valence-corrected chi connectivity index (χ4v) is 3.16. The lowest BCUT2D eigenvalue weighted by atomic mass is 10.1. The Kier molecular flexibility index (Phi) is 5.43. The van der Waals surface area contributed by atoms with Crippen molar-refractivity contribution in [1.82, 2.24) is 4.90 Å². The lowest BCUT2D eigenvalue weighted by Gasteiger charge is -2.19. The molecular weight excluding hydrogens is 351 g/mol. The number of carbonyl (C=O) groups is 2. The normalized spacial score (nSPS) is 10.4. The van der Waals surface area contributed by atoms with E-state index < -0.39 is 0 Å². The highest BCUT2D eigenvalue weighted by Gasteiger charge is 2.18. The molecule has 0 atom stereocenters. The fraction of sp³-hybridized carbons (Fsp3) is 0.100. The molecule has 2 amide bonds. The third-order valence-corrected chi connectivity index (χ3v) is 4.58. The smallest absolute Gasteiger partial charge is 0.256 e. The van der Waals surface area contributed by atoms with Gasteiger partial charge in [0.05, 0.1) is 16.8 Å². The van der Waals surface area contributed by atoms with Crippen molar-refractivity contribution in [3.05, 3.63) is 87.9 Å². The Morgan fingerprint density at radius 1 is 1.08 bits per heavy atom. The third kappa shape index (κ3) is 3.97. The van der Waals surface area contributed by atoms with Gasteiger partial charge in [-0.1, -0.05) is 30.3 Å². The topological polar surface area (TPSA) is 49.4 Å². The van der Waals surface area contributed by atoms with Crippen molar-refractivity contribution in [3.63, 3.8) is 0 Å². The summed E-state index contributed by atoms with van der Waals surface area (Å²) in [4.78, 5) is 26.5. The summed E-state index contributed by atoms with van der Waals surface area (Å²) in [5, 5.41) is 6.32. The molecule has 0 saturated carbocycles. The number of amides is 2. The summed E-state index contributed by atoms with van der Waals surface area (Å²) < 4.78 is 13.8. The van der Waals surface area contributed by atoms with Crippen LogP contribution in [0.3, 0.4) is 0 Å². The fourth-order valence-electron chi connectivity index (χ4n) is 2.53. The van der Waals surface area contributed by atoms with Gasteiger partial charge in [0.2, 0.25) is 0 Å². The van der Waals surface area contributed by atoms with Gasteiger partial charge in [-0.3, -0.25) is 9.59 Å². The summed E-state index contributed by atoms with van der Waals surface area (Å²) in [6.45, 7) is 0.137. The largest absolute Gasteiger partial charge is 0.337 e. The number of carbonyl (C=O) groups excluding carboxylic acids is 2. The lowest BCUT2D eigenvalue weighted by Crippen LogP contribution is -2.28. The van der Waals surface area contributed by atoms with Crippen LogP contribution in [0.25, 0.3) is 0 Å². The molecule has 1 heterocycles. The zero-order chi connectivity index (χ0) is 18.5. The van der Waals surface area contributed by atoms with Crippen molar-refractivity contribution in [3.8, 4) is 0 Å². The summed E-state index contributed by atoms with van der Waals surface area (Å²) in [7, 11) is 1.60. The van der Waals surface area contributed by atoms with Crippen LogP contribution in [0.15, 0.2) is 65.4 Å². The number of halogens is 1. The molecule has 3 rings (SSSR count). The molecule has 0 aliphatic carbocycles. The molecule has 0 fully saturated rings. The summed E-state index contributed by atoms with van der Waals surface area (Å²) >= 11 is 1.42. The molecule has 3 aromatic rings. The molecule has 6 heteroatoms. The first-order valence-electron chi connectivity index (χ1n) is 7.97. The minimum atomic E-state index is -0.355. The van der Waals surface area contributed by atoms with Gasteiger partial charge in [0.1, 0.15) is 5.82 Å². The number of thiophene rings is 1. The van der Waals surface area contributed by atoms with Gasteiger partial charge in [-0.05, 0) is 29.6 Å². The number of hydrogen-bond donors (Lipinski definition) is 1. The van der Waals surface area contributed by atoms with Gasteiger partial charge in [0.25, 0.3) is 11.8 Å². The average molecular weight is 368 g/mol. The van der Waals surface area contributed by atoms with Crippen LogP contribution in [0.4, 0.5) is 10.1 Å². The van der Waals surface area contributed by atoms with Crippen molar-refractivity contribution < 1.29 is 14.0 Å². The Hall–Kier alpha value is -2.99. The van der Waals surface area contributed by atoms with Gasteiger partial charge < -0.3 is 10.2 Å². The summed E-state index contributed by atoms with van der Waals surface area (Å²) in [6.07, 6.45) is 0. The molecule has 4 nitrogen and oxygen atoms in total. The van der Waals surface area contributed by atoms with Crippen LogP contribution in [-0.4, -0.2) is 23.8 Å². The molecule has 1 N–H and O–H groups in total. The van der Waals surface area contributed by atoms with Gasteiger partial charge in [0.15, 0.2) is 0 Å². The van der Waals surface area contributed by atoms with Crippen LogP contribution < -0.4 is 5.32 Å². The van der Waals surface area contributed by atoms with E-state index in [0.29, 0.717) is 22.4 Å².